The molecule has 0 spiro atoms. The molecule has 0 aliphatic heterocycles. The third-order valence-electron chi connectivity index (χ3n) is 5.07. The van der Waals surface area contributed by atoms with Crippen molar-refractivity contribution < 1.29 is 9.47 Å². The molecule has 2 fully saturated rings. The maximum absolute atomic E-state index is 6.32. The molecule has 0 unspecified atom stereocenters. The molecule has 0 aromatic heterocycles. The van der Waals surface area contributed by atoms with E-state index in [1.54, 1.807) is 0 Å². The zero-order valence-corrected chi connectivity index (χ0v) is 13.7. The van der Waals surface area contributed by atoms with E-state index in [-0.39, 0.29) is 0 Å². The smallest absolute Gasteiger partial charge is 0.0720 e. The van der Waals surface area contributed by atoms with E-state index in [2.05, 4.69) is 24.3 Å². The van der Waals surface area contributed by atoms with E-state index < -0.39 is 0 Å². The van der Waals surface area contributed by atoms with Gasteiger partial charge in [-0.05, 0) is 31.2 Å². The van der Waals surface area contributed by atoms with Gasteiger partial charge in [0.15, 0.2) is 0 Å². The molecule has 2 nitrogen and oxygen atoms in total. The van der Waals surface area contributed by atoms with Crippen molar-refractivity contribution in [3.63, 3.8) is 0 Å². The molecular weight excluding hydrogens is 272 g/mol. The van der Waals surface area contributed by atoms with Crippen LogP contribution < -0.4 is 0 Å². The largest absolute Gasteiger partial charge is 0.375 e. The Morgan fingerprint density at radius 3 is 2.05 bits per heavy atom. The number of benzene rings is 1. The fourth-order valence-electron chi connectivity index (χ4n) is 3.56. The van der Waals surface area contributed by atoms with Crippen LogP contribution in [0.4, 0.5) is 0 Å². The standard InChI is InChI=1S/C20H30O2/c1-2-4-9-13-18(12-8-3-1)22-20-14-19(15-20)21-16-17-10-6-5-7-11-17/h5-7,10-11,18-20H,1-4,8-9,12-16H2. The van der Waals surface area contributed by atoms with Crippen LogP contribution in [0.2, 0.25) is 0 Å². The minimum absolute atomic E-state index is 0.404. The SMILES string of the molecule is c1ccc(COC2CC(OC3CCCCCCCC3)C2)cc1. The highest BCUT2D eigenvalue weighted by atomic mass is 16.5. The van der Waals surface area contributed by atoms with E-state index in [1.165, 1.54) is 56.9 Å². The summed E-state index contributed by atoms with van der Waals surface area (Å²) in [5.41, 5.74) is 1.27. The molecule has 122 valence electrons. The molecule has 1 aromatic rings. The second kappa shape index (κ2) is 8.69. The zero-order chi connectivity index (χ0) is 15.0. The Morgan fingerprint density at radius 1 is 0.727 bits per heavy atom. The molecular formula is C20H30O2. The van der Waals surface area contributed by atoms with E-state index in [4.69, 9.17) is 9.47 Å². The maximum Gasteiger partial charge on any atom is 0.0720 e. The van der Waals surface area contributed by atoms with Gasteiger partial charge in [-0.25, -0.2) is 0 Å². The Bertz CT molecular complexity index is 401. The van der Waals surface area contributed by atoms with Gasteiger partial charge in [0.1, 0.15) is 0 Å². The van der Waals surface area contributed by atoms with Crippen molar-refractivity contribution in [2.24, 2.45) is 0 Å². The van der Waals surface area contributed by atoms with Gasteiger partial charge in [0.25, 0.3) is 0 Å². The second-order valence-electron chi connectivity index (χ2n) is 6.97. The molecule has 1 aromatic carbocycles. The molecule has 3 rings (SSSR count). The van der Waals surface area contributed by atoms with Crippen LogP contribution in [0.5, 0.6) is 0 Å². The minimum Gasteiger partial charge on any atom is -0.375 e. The molecule has 0 atom stereocenters. The molecule has 0 heterocycles. The molecule has 2 saturated carbocycles. The molecule has 0 N–H and O–H groups in total. The summed E-state index contributed by atoms with van der Waals surface area (Å²) in [6, 6.07) is 10.5. The Morgan fingerprint density at radius 2 is 1.36 bits per heavy atom. The van der Waals surface area contributed by atoms with Gasteiger partial charge in [-0.15, -0.1) is 0 Å². The minimum atomic E-state index is 0.404. The van der Waals surface area contributed by atoms with Crippen molar-refractivity contribution in [1.82, 2.24) is 0 Å². The van der Waals surface area contributed by atoms with Crippen LogP contribution >= 0.6 is 0 Å². The average molecular weight is 302 g/mol. The summed E-state index contributed by atoms with van der Waals surface area (Å²) in [6.45, 7) is 0.738. The molecule has 22 heavy (non-hydrogen) atoms. The average Bonchev–Trinajstić information content (AvgIpc) is 2.64. The van der Waals surface area contributed by atoms with Gasteiger partial charge < -0.3 is 9.47 Å². The molecule has 0 bridgehead atoms. The number of hydrogen-bond acceptors (Lipinski definition) is 2. The summed E-state index contributed by atoms with van der Waals surface area (Å²) in [4.78, 5) is 0. The van der Waals surface area contributed by atoms with E-state index in [1.807, 2.05) is 6.07 Å². The highest BCUT2D eigenvalue weighted by Crippen LogP contribution is 2.30. The lowest BCUT2D eigenvalue weighted by Gasteiger charge is -2.37. The molecule has 2 heteroatoms. The van der Waals surface area contributed by atoms with Gasteiger partial charge in [0.2, 0.25) is 0 Å². The lowest BCUT2D eigenvalue weighted by molar-refractivity contribution is -0.132. The van der Waals surface area contributed by atoms with E-state index in [9.17, 15) is 0 Å². The summed E-state index contributed by atoms with van der Waals surface area (Å²) < 4.78 is 12.3. The first-order valence-corrected chi connectivity index (χ1v) is 9.21. The Balaban J connectivity index is 1.32. The fourth-order valence-corrected chi connectivity index (χ4v) is 3.56. The molecule has 2 aliphatic carbocycles. The van der Waals surface area contributed by atoms with Crippen LogP contribution in [-0.4, -0.2) is 18.3 Å². The summed E-state index contributed by atoms with van der Waals surface area (Å²) >= 11 is 0. The quantitative estimate of drug-likeness (QED) is 0.739. The predicted octanol–water partition coefficient (Wildman–Crippen LogP) is 5.25. The Hall–Kier alpha value is -0.860. The summed E-state index contributed by atoms with van der Waals surface area (Å²) in [7, 11) is 0. The lowest BCUT2D eigenvalue weighted by Crippen LogP contribution is -2.39. The first-order chi connectivity index (χ1) is 10.9. The van der Waals surface area contributed by atoms with Crippen LogP contribution in [-0.2, 0) is 16.1 Å². The molecule has 0 saturated heterocycles. The summed E-state index contributed by atoms with van der Waals surface area (Å²) in [5.74, 6) is 0. The van der Waals surface area contributed by atoms with Crippen molar-refractivity contribution in [2.75, 3.05) is 0 Å². The maximum atomic E-state index is 6.32. The number of hydrogen-bond donors (Lipinski definition) is 0. The van der Waals surface area contributed by atoms with Crippen LogP contribution in [0.1, 0.15) is 69.8 Å². The molecule has 2 aliphatic rings. The lowest BCUT2D eigenvalue weighted by atomic mass is 9.91. The van der Waals surface area contributed by atoms with Crippen LogP contribution in [0.25, 0.3) is 0 Å². The van der Waals surface area contributed by atoms with Crippen LogP contribution in [0.3, 0.4) is 0 Å². The van der Waals surface area contributed by atoms with Crippen molar-refractivity contribution in [3.05, 3.63) is 35.9 Å². The fraction of sp³-hybridized carbons (Fsp3) is 0.700. The third-order valence-corrected chi connectivity index (χ3v) is 5.07. The van der Waals surface area contributed by atoms with Gasteiger partial charge in [-0.3, -0.25) is 0 Å². The topological polar surface area (TPSA) is 18.5 Å². The third kappa shape index (κ3) is 5.10. The first kappa shape index (κ1) is 16.0. The summed E-state index contributed by atoms with van der Waals surface area (Å²) in [6.07, 6.45) is 14.4. The summed E-state index contributed by atoms with van der Waals surface area (Å²) in [5, 5.41) is 0. The monoisotopic (exact) mass is 302 g/mol. The van der Waals surface area contributed by atoms with Gasteiger partial charge in [-0.2, -0.15) is 0 Å². The Labute approximate surface area is 135 Å². The van der Waals surface area contributed by atoms with Crippen LogP contribution in [0, 0.1) is 0 Å². The van der Waals surface area contributed by atoms with E-state index in [0.717, 1.165) is 19.4 Å². The van der Waals surface area contributed by atoms with E-state index >= 15 is 0 Å². The normalized spacial score (nSPS) is 27.5. The zero-order valence-electron chi connectivity index (χ0n) is 13.7. The Kier molecular flexibility index (Phi) is 6.32. The van der Waals surface area contributed by atoms with Crippen molar-refractivity contribution in [3.8, 4) is 0 Å². The predicted molar refractivity (Wildman–Crippen MR) is 89.9 cm³/mol. The van der Waals surface area contributed by atoms with Crippen molar-refractivity contribution in [2.45, 2.75) is 89.1 Å². The van der Waals surface area contributed by atoms with Crippen LogP contribution in [0.15, 0.2) is 30.3 Å². The van der Waals surface area contributed by atoms with E-state index in [0.29, 0.717) is 18.3 Å². The van der Waals surface area contributed by atoms with Crippen molar-refractivity contribution >= 4 is 0 Å². The highest BCUT2D eigenvalue weighted by Gasteiger charge is 2.32. The number of ether oxygens (including phenoxy) is 2. The van der Waals surface area contributed by atoms with Crippen molar-refractivity contribution in [1.29, 1.82) is 0 Å². The molecule has 0 amide bonds. The first-order valence-electron chi connectivity index (χ1n) is 9.21. The number of rotatable bonds is 5. The second-order valence-corrected chi connectivity index (χ2v) is 6.97. The van der Waals surface area contributed by atoms with Gasteiger partial charge >= 0.3 is 0 Å². The van der Waals surface area contributed by atoms with Gasteiger partial charge in [-0.1, -0.05) is 68.9 Å². The molecule has 0 radical (unpaired) electrons. The van der Waals surface area contributed by atoms with Gasteiger partial charge in [0.05, 0.1) is 24.9 Å². The highest BCUT2D eigenvalue weighted by molar-refractivity contribution is 5.13. The van der Waals surface area contributed by atoms with Gasteiger partial charge in [0, 0.05) is 0 Å².